The first-order valence-electron chi connectivity index (χ1n) is 33.1. The molecular weight excluding hydrogens is 1190 g/mol. The van der Waals surface area contributed by atoms with E-state index in [4.69, 9.17) is 0 Å². The zero-order valence-corrected chi connectivity index (χ0v) is 56.9. The van der Waals surface area contributed by atoms with Gasteiger partial charge in [-0.05, 0) is 93.1 Å². The predicted molar refractivity (Wildman–Crippen MR) is 350 cm³/mol. The normalized spacial score (nSPS) is 25.9. The summed E-state index contributed by atoms with van der Waals surface area (Å²) >= 11 is 0. The van der Waals surface area contributed by atoms with Gasteiger partial charge in [0.15, 0.2) is 6.04 Å². The van der Waals surface area contributed by atoms with Crippen LogP contribution in [-0.4, -0.2) is 227 Å². The lowest BCUT2D eigenvalue weighted by Crippen LogP contribution is -2.63. The monoisotopic (exact) mass is 1300 g/mol. The Labute approximate surface area is 548 Å². The van der Waals surface area contributed by atoms with Crippen molar-refractivity contribution in [3.63, 3.8) is 0 Å². The van der Waals surface area contributed by atoms with Gasteiger partial charge in [-0.3, -0.25) is 57.5 Å². The van der Waals surface area contributed by atoms with Crippen LogP contribution in [0.1, 0.15) is 138 Å². The molecule has 25 heteroatoms. The lowest BCUT2D eigenvalue weighted by atomic mass is 9.96. The third-order valence-corrected chi connectivity index (χ3v) is 17.8. The van der Waals surface area contributed by atoms with Crippen LogP contribution in [0.15, 0.2) is 60.7 Å². The van der Waals surface area contributed by atoms with Gasteiger partial charge in [0.25, 0.3) is 11.8 Å². The lowest BCUT2D eigenvalue weighted by Gasteiger charge is -2.37. The predicted octanol–water partition coefficient (Wildman–Crippen LogP) is 1.92. The number of carbonyl (C=O) groups is 12. The summed E-state index contributed by atoms with van der Waals surface area (Å²) in [5, 5.41) is 27.6. The third-order valence-electron chi connectivity index (χ3n) is 17.8. The maximum Gasteiger partial charge on any atom is 0.255 e. The van der Waals surface area contributed by atoms with Crippen LogP contribution >= 0.6 is 0 Å². The molecule has 0 saturated carbocycles. The number of rotatable bonds is 14. The van der Waals surface area contributed by atoms with Gasteiger partial charge in [0.2, 0.25) is 59.1 Å². The number of likely N-dealkylation sites (tertiary alicyclic amines) is 1. The van der Waals surface area contributed by atoms with Crippen molar-refractivity contribution in [3.05, 3.63) is 71.8 Å². The number of likely N-dealkylation sites (N-methyl/N-ethyl adjacent to an activating group) is 4. The summed E-state index contributed by atoms with van der Waals surface area (Å²) in [6.45, 7) is 15.4. The molecule has 2 aromatic carbocycles. The molecule has 514 valence electrons. The molecule has 0 aromatic heterocycles. The van der Waals surface area contributed by atoms with Crippen molar-refractivity contribution < 1.29 is 62.6 Å². The number of nitrogens with zero attached hydrogens (tertiary/aromatic N) is 6. The van der Waals surface area contributed by atoms with Crippen LogP contribution in [0.25, 0.3) is 0 Å². The highest BCUT2D eigenvalue weighted by molar-refractivity contribution is 6.08. The first kappa shape index (κ1) is 75.8. The number of hydrogen-bond donors (Lipinski definition) is 7. The molecule has 2 aromatic rings. The van der Waals surface area contributed by atoms with Crippen molar-refractivity contribution in [2.75, 3.05) is 60.9 Å². The summed E-state index contributed by atoms with van der Waals surface area (Å²) in [7, 11) is 5.67. The first-order valence-corrected chi connectivity index (χ1v) is 33.1. The Kier molecular flexibility index (Phi) is 29.2. The van der Waals surface area contributed by atoms with Crippen molar-refractivity contribution in [1.29, 1.82) is 0 Å². The number of carbonyl (C=O) groups excluding carboxylic acids is 12. The van der Waals surface area contributed by atoms with E-state index >= 15 is 4.79 Å². The molecule has 11 atom stereocenters. The molecule has 0 radical (unpaired) electrons. The minimum Gasteiger partial charge on any atom is -0.391 e. The Balaban J connectivity index is 1.60. The molecule has 3 heterocycles. The third kappa shape index (κ3) is 21.8. The fraction of sp³-hybridized carbons (Fsp3) is 0.647. The minimum absolute atomic E-state index is 0.0161. The van der Waals surface area contributed by atoms with Gasteiger partial charge in [-0.2, -0.15) is 0 Å². The van der Waals surface area contributed by atoms with E-state index in [0.717, 1.165) is 11.3 Å². The number of benzene rings is 2. The Hall–Kier alpha value is -7.96. The van der Waals surface area contributed by atoms with Gasteiger partial charge in [-0.25, -0.2) is 0 Å². The Morgan fingerprint density at radius 1 is 0.538 bits per heavy atom. The maximum atomic E-state index is 15.0. The summed E-state index contributed by atoms with van der Waals surface area (Å²) in [5.41, 5.74) is 1.30. The van der Waals surface area contributed by atoms with E-state index in [1.165, 1.54) is 59.6 Å². The van der Waals surface area contributed by atoms with E-state index in [9.17, 15) is 57.8 Å². The molecule has 7 N–H and O–H groups in total. The molecule has 3 aliphatic heterocycles. The molecular formula is C68H104N12O13. The van der Waals surface area contributed by atoms with Gasteiger partial charge in [-0.1, -0.05) is 122 Å². The van der Waals surface area contributed by atoms with Crippen molar-refractivity contribution >= 4 is 70.9 Å². The zero-order valence-electron chi connectivity index (χ0n) is 56.9. The summed E-state index contributed by atoms with van der Waals surface area (Å²) in [6, 6.07) is 5.86. The summed E-state index contributed by atoms with van der Waals surface area (Å²) in [4.78, 5) is 183. The second kappa shape index (κ2) is 35.9. The van der Waals surface area contributed by atoms with E-state index in [-0.39, 0.29) is 62.8 Å². The minimum atomic E-state index is -1.86. The van der Waals surface area contributed by atoms with Crippen LogP contribution in [0.2, 0.25) is 0 Å². The van der Waals surface area contributed by atoms with Crippen LogP contribution in [0.3, 0.4) is 0 Å². The number of fused-ring (bicyclic) bond motifs is 1. The van der Waals surface area contributed by atoms with Gasteiger partial charge < -0.3 is 66.4 Å². The van der Waals surface area contributed by atoms with Gasteiger partial charge >= 0.3 is 0 Å². The van der Waals surface area contributed by atoms with E-state index in [0.29, 0.717) is 56.3 Å². The number of piperidine rings is 1. The molecule has 3 aliphatic rings. The molecule has 93 heavy (non-hydrogen) atoms. The molecule has 12 amide bonds. The second-order valence-electron chi connectivity index (χ2n) is 26.8. The van der Waals surface area contributed by atoms with Gasteiger partial charge in [0.1, 0.15) is 42.3 Å². The number of amides is 12. The van der Waals surface area contributed by atoms with Crippen LogP contribution < -0.4 is 31.9 Å². The SMILES string of the molecule is CC[C@H](C)[C@@H]1NC(=O)[C@@H]2CCCN2C(=O)[C@@H]([C@@H](C)O)NC(=O)[C@H](Cc2ccccc2)NC(=O)CNC(=O)[C@H](Cc2ccccc2)N(C)C(=O)CC(CC(C)C)NC(=O)[C@H](CC(C)C)N(C)C(=O)[C@H](CC(C)C)N(C)C(=O)CN(C)C(=O)[C@@H](C(=O)N2CCCCC2)NC1=O. The molecule has 0 spiro atoms. The van der Waals surface area contributed by atoms with Gasteiger partial charge in [-0.15, -0.1) is 0 Å². The Morgan fingerprint density at radius 3 is 1.67 bits per heavy atom. The highest BCUT2D eigenvalue weighted by Gasteiger charge is 2.44. The van der Waals surface area contributed by atoms with Gasteiger partial charge in [0, 0.05) is 73.1 Å². The zero-order chi connectivity index (χ0) is 69.0. The Bertz CT molecular complexity index is 2910. The number of nitrogens with one attached hydrogen (secondary N) is 6. The van der Waals surface area contributed by atoms with E-state index in [2.05, 4.69) is 31.9 Å². The van der Waals surface area contributed by atoms with Crippen molar-refractivity contribution in [1.82, 2.24) is 61.3 Å². The second-order valence-corrected chi connectivity index (χ2v) is 26.8. The van der Waals surface area contributed by atoms with E-state index in [1.807, 2.05) is 41.5 Å². The first-order chi connectivity index (χ1) is 43.9. The van der Waals surface area contributed by atoms with Crippen molar-refractivity contribution in [2.45, 2.75) is 200 Å². The maximum absolute atomic E-state index is 15.0. The fourth-order valence-corrected chi connectivity index (χ4v) is 12.2. The Morgan fingerprint density at radius 2 is 1.10 bits per heavy atom. The summed E-state index contributed by atoms with van der Waals surface area (Å²) in [6.07, 6.45) is 1.62. The summed E-state index contributed by atoms with van der Waals surface area (Å²) in [5.74, 6) is -9.84. The topological polar surface area (TPSA) is 317 Å². The number of aliphatic hydroxyl groups is 1. The lowest BCUT2D eigenvalue weighted by molar-refractivity contribution is -0.152. The van der Waals surface area contributed by atoms with Crippen LogP contribution in [0.5, 0.6) is 0 Å². The average Bonchev–Trinajstić information content (AvgIpc) is 1.86. The van der Waals surface area contributed by atoms with Crippen LogP contribution in [0.4, 0.5) is 0 Å². The molecule has 3 saturated heterocycles. The smallest absolute Gasteiger partial charge is 0.255 e. The van der Waals surface area contributed by atoms with Gasteiger partial charge in [0.05, 0.1) is 19.2 Å². The molecule has 25 nitrogen and oxygen atoms in total. The summed E-state index contributed by atoms with van der Waals surface area (Å²) < 4.78 is 0. The van der Waals surface area contributed by atoms with Crippen LogP contribution in [-0.2, 0) is 70.4 Å². The van der Waals surface area contributed by atoms with Crippen molar-refractivity contribution in [2.24, 2.45) is 23.7 Å². The standard InChI is InChI=1S/C68H104N12O13/c1-14-44(8)57-64(89)74-59(67(92)79-30-22-17-23-31-79)66(91)75(10)40-56(84)77(12)53(35-43(6)7)65(90)78(13)51(34-42(4)5)63(88)70-48(33-41(2)3)38-55(83)76(11)52(37-47-27-20-16-21-28-47)61(86)69-39-54(82)71-49(36-46-25-18-15-19-26-46)60(85)73-58(45(9)81)68(93)80-32-24-29-50(80)62(87)72-57/h15-16,18-21,25-28,41-45,48-53,57-59,81H,14,17,22-24,29-40H2,1-13H3,(H,69,86)(H,70,88)(H,71,82)(H,72,87)(H,73,85)(H,74,89)/t44-,45+,48?,49-,50-,51-,52-,53-,57-,58+,59-/m0/s1. The molecule has 1 unspecified atom stereocenters. The molecule has 3 fully saturated rings. The highest BCUT2D eigenvalue weighted by atomic mass is 16.3. The molecule has 0 bridgehead atoms. The molecule has 5 rings (SSSR count). The fourth-order valence-electron chi connectivity index (χ4n) is 12.2. The largest absolute Gasteiger partial charge is 0.391 e. The highest BCUT2D eigenvalue weighted by Crippen LogP contribution is 2.24. The van der Waals surface area contributed by atoms with Crippen molar-refractivity contribution in [3.8, 4) is 0 Å². The van der Waals surface area contributed by atoms with E-state index < -0.39 is 150 Å². The average molecular weight is 1300 g/mol. The quantitative estimate of drug-likeness (QED) is 0.133. The number of hydrogen-bond acceptors (Lipinski definition) is 13. The molecule has 0 aliphatic carbocycles. The van der Waals surface area contributed by atoms with E-state index in [1.54, 1.807) is 74.5 Å². The number of aliphatic hydroxyl groups excluding tert-OH is 1. The van der Waals surface area contributed by atoms with Crippen LogP contribution in [0, 0.1) is 23.7 Å².